The van der Waals surface area contributed by atoms with Gasteiger partial charge in [-0.1, -0.05) is 26.7 Å². The smallest absolute Gasteiger partial charge is 0.265 e. The van der Waals surface area contributed by atoms with Crippen LogP contribution in [-0.2, 0) is 9.59 Å². The lowest BCUT2D eigenvalue weighted by Crippen LogP contribution is -2.39. The molecule has 5 nitrogen and oxygen atoms in total. The molecule has 0 unspecified atom stereocenters. The molecule has 0 atom stereocenters. The Labute approximate surface area is 125 Å². The second-order valence-electron chi connectivity index (χ2n) is 5.13. The van der Waals surface area contributed by atoms with Gasteiger partial charge in [-0.2, -0.15) is 0 Å². The third-order valence-electron chi connectivity index (χ3n) is 3.49. The molecule has 0 saturated carbocycles. The summed E-state index contributed by atoms with van der Waals surface area (Å²) >= 11 is 0. The van der Waals surface area contributed by atoms with Crippen molar-refractivity contribution in [3.05, 3.63) is 18.2 Å². The minimum absolute atomic E-state index is 0.0300. The van der Waals surface area contributed by atoms with Crippen LogP contribution in [0.25, 0.3) is 0 Å². The molecule has 1 heterocycles. The fraction of sp³-hybridized carbons (Fsp3) is 0.500. The van der Waals surface area contributed by atoms with E-state index in [1.807, 2.05) is 6.07 Å². The molecular weight excluding hydrogens is 268 g/mol. The van der Waals surface area contributed by atoms with Crippen molar-refractivity contribution in [2.45, 2.75) is 39.5 Å². The van der Waals surface area contributed by atoms with Gasteiger partial charge in [-0.25, -0.2) is 0 Å². The summed E-state index contributed by atoms with van der Waals surface area (Å²) in [7, 11) is 0. The third-order valence-corrected chi connectivity index (χ3v) is 3.49. The van der Waals surface area contributed by atoms with Crippen molar-refractivity contribution in [1.29, 1.82) is 0 Å². The number of amides is 2. The van der Waals surface area contributed by atoms with E-state index in [-0.39, 0.29) is 18.4 Å². The second-order valence-corrected chi connectivity index (χ2v) is 5.13. The lowest BCUT2D eigenvalue weighted by Gasteiger charge is -2.29. The van der Waals surface area contributed by atoms with Gasteiger partial charge in [0.1, 0.15) is 5.75 Å². The monoisotopic (exact) mass is 290 g/mol. The molecule has 1 N–H and O–H groups in total. The molecule has 2 rings (SSSR count). The van der Waals surface area contributed by atoms with E-state index >= 15 is 0 Å². The van der Waals surface area contributed by atoms with Gasteiger partial charge in [0, 0.05) is 18.7 Å². The van der Waals surface area contributed by atoms with E-state index < -0.39 is 0 Å². The fourth-order valence-corrected chi connectivity index (χ4v) is 2.29. The summed E-state index contributed by atoms with van der Waals surface area (Å²) in [5.41, 5.74) is 1.44. The second kappa shape index (κ2) is 7.11. The van der Waals surface area contributed by atoms with E-state index in [0.29, 0.717) is 24.4 Å². The van der Waals surface area contributed by atoms with Gasteiger partial charge in [-0.15, -0.1) is 0 Å². The highest BCUT2D eigenvalue weighted by atomic mass is 16.5. The van der Waals surface area contributed by atoms with Gasteiger partial charge in [-0.3, -0.25) is 9.59 Å². The Balaban J connectivity index is 2.20. The average Bonchev–Trinajstić information content (AvgIpc) is 2.49. The van der Waals surface area contributed by atoms with Crippen LogP contribution in [0.15, 0.2) is 18.2 Å². The molecule has 5 heteroatoms. The summed E-state index contributed by atoms with van der Waals surface area (Å²) in [5.74, 6) is 0.619. The number of nitrogens with one attached hydrogen (secondary N) is 1. The zero-order valence-corrected chi connectivity index (χ0v) is 12.6. The molecule has 21 heavy (non-hydrogen) atoms. The van der Waals surface area contributed by atoms with Crippen LogP contribution in [0.1, 0.15) is 39.5 Å². The van der Waals surface area contributed by atoms with Crippen molar-refractivity contribution < 1.29 is 14.3 Å². The summed E-state index contributed by atoms with van der Waals surface area (Å²) in [5, 5.41) is 2.81. The topological polar surface area (TPSA) is 58.6 Å². The number of carbonyl (C=O) groups excluding carboxylic acids is 2. The van der Waals surface area contributed by atoms with Crippen LogP contribution in [0.3, 0.4) is 0 Å². The molecule has 0 spiro atoms. The van der Waals surface area contributed by atoms with E-state index in [1.54, 1.807) is 24.0 Å². The normalized spacial score (nSPS) is 13.6. The number of hydrogen-bond acceptors (Lipinski definition) is 3. The molecule has 0 aliphatic carbocycles. The molecule has 0 aromatic heterocycles. The molecule has 1 aliphatic rings. The van der Waals surface area contributed by atoms with Gasteiger partial charge >= 0.3 is 0 Å². The van der Waals surface area contributed by atoms with Gasteiger partial charge in [0.05, 0.1) is 5.69 Å². The Bertz CT molecular complexity index is 528. The predicted octanol–water partition coefficient (Wildman–Crippen LogP) is 2.95. The van der Waals surface area contributed by atoms with Gasteiger partial charge in [0.15, 0.2) is 6.61 Å². The van der Waals surface area contributed by atoms with E-state index in [0.717, 1.165) is 24.9 Å². The lowest BCUT2D eigenvalue weighted by molar-refractivity contribution is -0.121. The van der Waals surface area contributed by atoms with Crippen LogP contribution >= 0.6 is 0 Å². The number of benzene rings is 1. The Hall–Kier alpha value is -2.04. The minimum Gasteiger partial charge on any atom is -0.482 e. The van der Waals surface area contributed by atoms with E-state index in [4.69, 9.17) is 4.74 Å². The number of ether oxygens (including phenoxy) is 1. The minimum atomic E-state index is -0.0458. The number of hydrogen-bond donors (Lipinski definition) is 1. The van der Waals surface area contributed by atoms with Crippen molar-refractivity contribution in [2.24, 2.45) is 0 Å². The van der Waals surface area contributed by atoms with Crippen LogP contribution in [0.5, 0.6) is 5.75 Å². The summed E-state index contributed by atoms with van der Waals surface area (Å²) in [6.07, 6.45) is 3.59. The van der Waals surface area contributed by atoms with Crippen molar-refractivity contribution in [3.63, 3.8) is 0 Å². The summed E-state index contributed by atoms with van der Waals surface area (Å²) in [6.45, 7) is 4.71. The zero-order valence-electron chi connectivity index (χ0n) is 12.6. The quantitative estimate of drug-likeness (QED) is 0.819. The highest BCUT2D eigenvalue weighted by Gasteiger charge is 2.25. The summed E-state index contributed by atoms with van der Waals surface area (Å²) in [4.78, 5) is 25.3. The lowest BCUT2D eigenvalue weighted by atomic mass is 10.1. The zero-order chi connectivity index (χ0) is 15.2. The highest BCUT2D eigenvalue weighted by Crippen LogP contribution is 2.34. The van der Waals surface area contributed by atoms with Crippen molar-refractivity contribution in [2.75, 3.05) is 23.4 Å². The van der Waals surface area contributed by atoms with Crippen molar-refractivity contribution in [3.8, 4) is 5.75 Å². The Morgan fingerprint density at radius 1 is 1.33 bits per heavy atom. The molecule has 1 aromatic carbocycles. The average molecular weight is 290 g/mol. The predicted molar refractivity (Wildman–Crippen MR) is 82.7 cm³/mol. The van der Waals surface area contributed by atoms with Crippen LogP contribution in [-0.4, -0.2) is 25.0 Å². The number of fused-ring (bicyclic) bond motifs is 1. The molecule has 0 saturated heterocycles. The first-order valence-corrected chi connectivity index (χ1v) is 7.52. The van der Waals surface area contributed by atoms with Crippen LogP contribution in [0, 0.1) is 0 Å². The number of rotatable bonds is 6. The molecule has 2 amide bonds. The standard InChI is InChI=1S/C16H22N2O3/c1-3-5-6-9-18-13-10-12(17-15(19)4-2)7-8-14(13)21-11-16(18)20/h7-8,10H,3-6,9,11H2,1-2H3,(H,17,19). The number of anilines is 2. The SMILES string of the molecule is CCCCCN1C(=O)COc2ccc(NC(=O)CC)cc21. The van der Waals surface area contributed by atoms with Gasteiger partial charge in [0.2, 0.25) is 5.91 Å². The molecule has 114 valence electrons. The van der Waals surface area contributed by atoms with E-state index in [9.17, 15) is 9.59 Å². The van der Waals surface area contributed by atoms with Gasteiger partial charge in [-0.05, 0) is 24.6 Å². The third kappa shape index (κ3) is 3.74. The first-order valence-electron chi connectivity index (χ1n) is 7.52. The first-order chi connectivity index (χ1) is 10.2. The number of unbranched alkanes of at least 4 members (excludes halogenated alkanes) is 2. The van der Waals surface area contributed by atoms with Crippen molar-refractivity contribution in [1.82, 2.24) is 0 Å². The Morgan fingerprint density at radius 2 is 2.14 bits per heavy atom. The van der Waals surface area contributed by atoms with Crippen LogP contribution < -0.4 is 15.0 Å². The first kappa shape index (κ1) is 15.4. The van der Waals surface area contributed by atoms with E-state index in [1.165, 1.54) is 0 Å². The fourth-order valence-electron chi connectivity index (χ4n) is 2.29. The molecule has 0 radical (unpaired) electrons. The molecule has 1 aromatic rings. The molecule has 0 fully saturated rings. The highest BCUT2D eigenvalue weighted by molar-refractivity contribution is 5.99. The molecule has 0 bridgehead atoms. The molecule has 1 aliphatic heterocycles. The molecular formula is C16H22N2O3. The summed E-state index contributed by atoms with van der Waals surface area (Å²) < 4.78 is 5.45. The van der Waals surface area contributed by atoms with Gasteiger partial charge < -0.3 is 15.0 Å². The maximum Gasteiger partial charge on any atom is 0.265 e. The van der Waals surface area contributed by atoms with Crippen LogP contribution in [0.4, 0.5) is 11.4 Å². The summed E-state index contributed by atoms with van der Waals surface area (Å²) in [6, 6.07) is 5.41. The number of nitrogens with zero attached hydrogens (tertiary/aromatic N) is 1. The maximum absolute atomic E-state index is 12.1. The maximum atomic E-state index is 12.1. The van der Waals surface area contributed by atoms with Gasteiger partial charge in [0.25, 0.3) is 5.91 Å². The van der Waals surface area contributed by atoms with Crippen molar-refractivity contribution >= 4 is 23.2 Å². The van der Waals surface area contributed by atoms with E-state index in [2.05, 4.69) is 12.2 Å². The Kier molecular flexibility index (Phi) is 5.20. The Morgan fingerprint density at radius 3 is 2.86 bits per heavy atom. The number of carbonyl (C=O) groups is 2. The largest absolute Gasteiger partial charge is 0.482 e. The van der Waals surface area contributed by atoms with Crippen LogP contribution in [0.2, 0.25) is 0 Å².